The predicted molar refractivity (Wildman–Crippen MR) is 79.2 cm³/mol. The summed E-state index contributed by atoms with van der Waals surface area (Å²) in [4.78, 5) is 0. The summed E-state index contributed by atoms with van der Waals surface area (Å²) in [5.74, 6) is 0.656. The van der Waals surface area contributed by atoms with Gasteiger partial charge in [-0.25, -0.2) is 0 Å². The molecule has 0 heterocycles. The fourth-order valence-corrected chi connectivity index (χ4v) is 2.29. The summed E-state index contributed by atoms with van der Waals surface area (Å²) in [6.45, 7) is 4.11. The second kappa shape index (κ2) is 8.26. The van der Waals surface area contributed by atoms with E-state index in [1.165, 1.54) is 11.8 Å². The average molecular weight is 290 g/mol. The lowest BCUT2D eigenvalue weighted by atomic mass is 10.2. The van der Waals surface area contributed by atoms with Gasteiger partial charge >= 0.3 is 0 Å². The van der Waals surface area contributed by atoms with Crippen molar-refractivity contribution in [1.82, 2.24) is 5.32 Å². The number of nitriles is 2. The molecule has 0 spiro atoms. The Kier molecular flexibility index (Phi) is 6.60. The number of nitrogens with zero attached hydrogens (tertiary/aromatic N) is 2. The normalized spacial score (nSPS) is 9.00. The molecule has 0 aromatic heterocycles. The molecule has 3 nitrogen and oxygen atoms in total. The Bertz CT molecular complexity index is 534. The average Bonchev–Trinajstić information content (AvgIpc) is 2.44. The summed E-state index contributed by atoms with van der Waals surface area (Å²) in [7, 11) is 0. The highest BCUT2D eigenvalue weighted by atomic mass is 35.5. The number of benzene rings is 1. The lowest BCUT2D eigenvalue weighted by molar-refractivity contribution is 0.963. The maximum atomic E-state index is 8.90. The van der Waals surface area contributed by atoms with Crippen molar-refractivity contribution in [1.29, 1.82) is 10.5 Å². The van der Waals surface area contributed by atoms with Crippen molar-refractivity contribution in [3.05, 3.63) is 58.1 Å². The zero-order chi connectivity index (χ0) is 14.1. The van der Waals surface area contributed by atoms with Gasteiger partial charge in [-0.3, -0.25) is 0 Å². The number of nitrogens with one attached hydrogen (secondary N) is 1. The Hall–Kier alpha value is -1.88. The first-order valence-corrected chi connectivity index (χ1v) is 6.84. The first-order valence-electron chi connectivity index (χ1n) is 5.47. The molecule has 0 atom stereocenters. The second-order valence-corrected chi connectivity index (χ2v) is 4.93. The van der Waals surface area contributed by atoms with Crippen LogP contribution in [0.3, 0.4) is 0 Å². The SMILES string of the molecule is C=CCNC(SCc1ccc(Cl)cc1)=C(C#N)C#N. The van der Waals surface area contributed by atoms with E-state index in [1.807, 2.05) is 36.4 Å². The predicted octanol–water partition coefficient (Wildman–Crippen LogP) is 3.61. The van der Waals surface area contributed by atoms with Crippen molar-refractivity contribution >= 4 is 23.4 Å². The molecular formula is C14H12ClN3S. The van der Waals surface area contributed by atoms with Gasteiger partial charge in [-0.2, -0.15) is 10.5 Å². The molecule has 0 radical (unpaired) electrons. The number of thioether (sulfide) groups is 1. The smallest absolute Gasteiger partial charge is 0.159 e. The van der Waals surface area contributed by atoms with Crippen LogP contribution >= 0.6 is 23.4 Å². The molecule has 0 saturated heterocycles. The van der Waals surface area contributed by atoms with Gasteiger partial charge in [-0.15, -0.1) is 18.3 Å². The van der Waals surface area contributed by atoms with Gasteiger partial charge in [0.05, 0.1) is 5.03 Å². The minimum absolute atomic E-state index is 0.0841. The first kappa shape index (κ1) is 15.2. The molecular weight excluding hydrogens is 278 g/mol. The summed E-state index contributed by atoms with van der Waals surface area (Å²) < 4.78 is 0. The minimum Gasteiger partial charge on any atom is -0.375 e. The van der Waals surface area contributed by atoms with Gasteiger partial charge in [0.2, 0.25) is 0 Å². The largest absolute Gasteiger partial charge is 0.375 e. The van der Waals surface area contributed by atoms with Crippen LogP contribution in [0.4, 0.5) is 0 Å². The third kappa shape index (κ3) is 5.09. The van der Waals surface area contributed by atoms with Crippen LogP contribution in [0.15, 0.2) is 47.5 Å². The summed E-state index contributed by atoms with van der Waals surface area (Å²) in [6, 6.07) is 11.2. The molecule has 0 unspecified atom stereocenters. The van der Waals surface area contributed by atoms with E-state index in [9.17, 15) is 0 Å². The quantitative estimate of drug-likeness (QED) is 0.642. The van der Waals surface area contributed by atoms with Gasteiger partial charge in [0, 0.05) is 17.3 Å². The van der Waals surface area contributed by atoms with Crippen LogP contribution in [0.2, 0.25) is 5.02 Å². The van der Waals surface area contributed by atoms with Crippen LogP contribution in [-0.4, -0.2) is 6.54 Å². The highest BCUT2D eigenvalue weighted by Gasteiger charge is 2.06. The second-order valence-electron chi connectivity index (χ2n) is 3.51. The molecule has 0 amide bonds. The van der Waals surface area contributed by atoms with Gasteiger partial charge in [0.15, 0.2) is 5.57 Å². The maximum absolute atomic E-state index is 8.90. The molecule has 1 rings (SSSR count). The van der Waals surface area contributed by atoms with E-state index in [0.29, 0.717) is 22.3 Å². The zero-order valence-electron chi connectivity index (χ0n) is 10.2. The van der Waals surface area contributed by atoms with E-state index in [2.05, 4.69) is 11.9 Å². The van der Waals surface area contributed by atoms with E-state index in [1.54, 1.807) is 6.08 Å². The van der Waals surface area contributed by atoms with Crippen molar-refractivity contribution in [2.45, 2.75) is 5.75 Å². The molecule has 1 aromatic rings. The van der Waals surface area contributed by atoms with Crippen molar-refractivity contribution in [2.24, 2.45) is 0 Å². The van der Waals surface area contributed by atoms with Crippen molar-refractivity contribution in [3.8, 4) is 12.1 Å². The highest BCUT2D eigenvalue weighted by Crippen LogP contribution is 2.22. The number of hydrogen-bond acceptors (Lipinski definition) is 4. The molecule has 0 fully saturated rings. The Balaban J connectivity index is 2.77. The first-order chi connectivity index (χ1) is 9.21. The van der Waals surface area contributed by atoms with Crippen LogP contribution in [0.5, 0.6) is 0 Å². The molecule has 19 heavy (non-hydrogen) atoms. The van der Waals surface area contributed by atoms with E-state index in [4.69, 9.17) is 22.1 Å². The van der Waals surface area contributed by atoms with Crippen molar-refractivity contribution in [2.75, 3.05) is 6.54 Å². The van der Waals surface area contributed by atoms with Crippen LogP contribution in [0, 0.1) is 22.7 Å². The monoisotopic (exact) mass is 289 g/mol. The van der Waals surface area contributed by atoms with Gasteiger partial charge in [0.25, 0.3) is 0 Å². The molecule has 0 aliphatic rings. The van der Waals surface area contributed by atoms with E-state index in [-0.39, 0.29) is 5.57 Å². The topological polar surface area (TPSA) is 59.6 Å². The summed E-state index contributed by atoms with van der Waals surface area (Å²) in [5, 5.41) is 22.1. The minimum atomic E-state index is 0.0841. The van der Waals surface area contributed by atoms with E-state index < -0.39 is 0 Å². The summed E-state index contributed by atoms with van der Waals surface area (Å²) >= 11 is 7.22. The number of allylic oxidation sites excluding steroid dienone is 1. The molecule has 1 aromatic carbocycles. The van der Waals surface area contributed by atoms with Crippen LogP contribution < -0.4 is 5.32 Å². The lowest BCUT2D eigenvalue weighted by Crippen LogP contribution is -2.12. The molecule has 1 N–H and O–H groups in total. The Morgan fingerprint density at radius 2 is 1.95 bits per heavy atom. The summed E-state index contributed by atoms with van der Waals surface area (Å²) in [6.07, 6.45) is 1.68. The fourth-order valence-electron chi connectivity index (χ4n) is 1.24. The molecule has 0 aliphatic carbocycles. The molecule has 96 valence electrons. The van der Waals surface area contributed by atoms with Crippen LogP contribution in [0.25, 0.3) is 0 Å². The standard InChI is InChI=1S/C14H12ClN3S/c1-2-7-18-14(12(8-16)9-17)19-10-11-3-5-13(15)6-4-11/h2-6,18H,1,7,10H2. The molecule has 0 bridgehead atoms. The summed E-state index contributed by atoms with van der Waals surface area (Å²) in [5.41, 5.74) is 1.16. The number of rotatable bonds is 6. The van der Waals surface area contributed by atoms with Gasteiger partial charge in [0.1, 0.15) is 12.1 Å². The van der Waals surface area contributed by atoms with Crippen molar-refractivity contribution < 1.29 is 0 Å². The van der Waals surface area contributed by atoms with Crippen molar-refractivity contribution in [3.63, 3.8) is 0 Å². The highest BCUT2D eigenvalue weighted by molar-refractivity contribution is 8.02. The van der Waals surface area contributed by atoms with Gasteiger partial charge < -0.3 is 5.32 Å². The van der Waals surface area contributed by atoms with Gasteiger partial charge in [-0.1, -0.05) is 29.8 Å². The van der Waals surface area contributed by atoms with Gasteiger partial charge in [-0.05, 0) is 17.7 Å². The molecule has 0 saturated carbocycles. The number of halogens is 1. The van der Waals surface area contributed by atoms with E-state index in [0.717, 1.165) is 5.56 Å². The molecule has 5 heteroatoms. The number of hydrogen-bond donors (Lipinski definition) is 1. The zero-order valence-corrected chi connectivity index (χ0v) is 11.8. The maximum Gasteiger partial charge on any atom is 0.159 e. The molecule has 0 aliphatic heterocycles. The lowest BCUT2D eigenvalue weighted by Gasteiger charge is -2.08. The van der Waals surface area contributed by atoms with E-state index >= 15 is 0 Å². The third-order valence-electron chi connectivity index (χ3n) is 2.15. The Morgan fingerprint density at radius 1 is 1.32 bits per heavy atom. The fraction of sp³-hybridized carbons (Fsp3) is 0.143. The van der Waals surface area contributed by atoms with Crippen LogP contribution in [0.1, 0.15) is 5.56 Å². The Labute approximate surface area is 122 Å². The third-order valence-corrected chi connectivity index (χ3v) is 3.52. The van der Waals surface area contributed by atoms with Crippen LogP contribution in [-0.2, 0) is 5.75 Å². The Morgan fingerprint density at radius 3 is 2.47 bits per heavy atom.